The first-order chi connectivity index (χ1) is 10.2. The molecule has 1 aromatic carbocycles. The van der Waals surface area contributed by atoms with Gasteiger partial charge in [-0.15, -0.1) is 0 Å². The number of aryl methyl sites for hydroxylation is 2. The van der Waals surface area contributed by atoms with Crippen LogP contribution in [0.15, 0.2) is 29.8 Å². The van der Waals surface area contributed by atoms with Crippen molar-refractivity contribution in [3.63, 3.8) is 0 Å². The summed E-state index contributed by atoms with van der Waals surface area (Å²) in [6.45, 7) is 7.91. The number of fused-ring (bicyclic) bond motifs is 1. The van der Waals surface area contributed by atoms with Gasteiger partial charge in [0.1, 0.15) is 0 Å². The average molecular weight is 284 g/mol. The molecule has 3 rings (SSSR count). The van der Waals surface area contributed by atoms with Crippen molar-refractivity contribution in [2.45, 2.75) is 52.0 Å². The molecule has 1 heterocycles. The van der Waals surface area contributed by atoms with Crippen LogP contribution in [0, 0.1) is 0 Å². The first kappa shape index (κ1) is 14.6. The quantitative estimate of drug-likeness (QED) is 0.840. The van der Waals surface area contributed by atoms with Crippen molar-refractivity contribution in [3.05, 3.63) is 41.0 Å². The minimum absolute atomic E-state index is 0.646. The van der Waals surface area contributed by atoms with Crippen LogP contribution in [-0.4, -0.2) is 30.6 Å². The predicted octanol–water partition coefficient (Wildman–Crippen LogP) is 4.02. The molecule has 2 nitrogen and oxygen atoms in total. The zero-order chi connectivity index (χ0) is 14.7. The summed E-state index contributed by atoms with van der Waals surface area (Å²) in [6, 6.07) is 7.64. The maximum atomic E-state index is 3.75. The second-order valence-corrected chi connectivity index (χ2v) is 6.84. The van der Waals surface area contributed by atoms with Crippen molar-refractivity contribution in [1.29, 1.82) is 0 Å². The standard InChI is InChI=1S/C19H28N2/c1-15(2)8-11-21-12-9-18(10-13-21)20-19-7-6-16-4-3-5-17(16)14-19/h6-8,14,18,20H,3-5,9-13H2,1-2H3. The molecule has 1 fully saturated rings. The van der Waals surface area contributed by atoms with Crippen LogP contribution in [0.4, 0.5) is 5.69 Å². The number of hydrogen-bond donors (Lipinski definition) is 1. The zero-order valence-electron chi connectivity index (χ0n) is 13.5. The third-order valence-electron chi connectivity index (χ3n) is 4.81. The number of nitrogens with one attached hydrogen (secondary N) is 1. The van der Waals surface area contributed by atoms with Crippen molar-refractivity contribution in [3.8, 4) is 0 Å². The Kier molecular flexibility index (Phi) is 4.64. The SMILES string of the molecule is CC(C)=CCN1CCC(Nc2ccc3c(c2)CCC3)CC1. The normalized spacial score (nSPS) is 19.3. The number of allylic oxidation sites excluding steroid dienone is 1. The Morgan fingerprint density at radius 2 is 1.95 bits per heavy atom. The van der Waals surface area contributed by atoms with Crippen LogP contribution in [0.5, 0.6) is 0 Å². The van der Waals surface area contributed by atoms with E-state index in [1.54, 1.807) is 11.1 Å². The third-order valence-corrected chi connectivity index (χ3v) is 4.81. The minimum Gasteiger partial charge on any atom is -0.382 e. The van der Waals surface area contributed by atoms with E-state index in [-0.39, 0.29) is 0 Å². The van der Waals surface area contributed by atoms with Gasteiger partial charge in [0.05, 0.1) is 0 Å². The fraction of sp³-hybridized carbons (Fsp3) is 0.579. The van der Waals surface area contributed by atoms with Crippen LogP contribution >= 0.6 is 0 Å². The highest BCUT2D eigenvalue weighted by molar-refractivity contribution is 5.50. The minimum atomic E-state index is 0.646. The van der Waals surface area contributed by atoms with E-state index in [2.05, 4.69) is 48.3 Å². The van der Waals surface area contributed by atoms with Crippen LogP contribution in [0.1, 0.15) is 44.2 Å². The summed E-state index contributed by atoms with van der Waals surface area (Å²) in [7, 11) is 0. The second kappa shape index (κ2) is 6.65. The first-order valence-electron chi connectivity index (χ1n) is 8.45. The Morgan fingerprint density at radius 1 is 1.19 bits per heavy atom. The van der Waals surface area contributed by atoms with Crippen LogP contribution in [0.2, 0.25) is 0 Å². The molecule has 0 radical (unpaired) electrons. The van der Waals surface area contributed by atoms with E-state index in [9.17, 15) is 0 Å². The maximum absolute atomic E-state index is 3.75. The average Bonchev–Trinajstić information content (AvgIpc) is 2.94. The molecule has 2 heteroatoms. The molecule has 0 amide bonds. The molecular formula is C19H28N2. The molecule has 0 aromatic heterocycles. The van der Waals surface area contributed by atoms with Crippen molar-refractivity contribution in [2.75, 3.05) is 25.0 Å². The molecule has 1 aliphatic heterocycles. The highest BCUT2D eigenvalue weighted by atomic mass is 15.1. The number of nitrogens with zero attached hydrogens (tertiary/aromatic N) is 1. The Morgan fingerprint density at radius 3 is 2.71 bits per heavy atom. The van der Waals surface area contributed by atoms with Crippen molar-refractivity contribution >= 4 is 5.69 Å². The van der Waals surface area contributed by atoms with E-state index in [0.29, 0.717) is 6.04 Å². The summed E-state index contributed by atoms with van der Waals surface area (Å²) < 4.78 is 0. The molecule has 1 saturated heterocycles. The van der Waals surface area contributed by atoms with Gasteiger partial charge >= 0.3 is 0 Å². The molecule has 1 N–H and O–H groups in total. The highest BCUT2D eigenvalue weighted by Crippen LogP contribution is 2.26. The molecule has 0 unspecified atom stereocenters. The number of hydrogen-bond acceptors (Lipinski definition) is 2. The highest BCUT2D eigenvalue weighted by Gasteiger charge is 2.19. The summed E-state index contributed by atoms with van der Waals surface area (Å²) in [5.41, 5.74) is 5.89. The monoisotopic (exact) mass is 284 g/mol. The molecule has 0 bridgehead atoms. The van der Waals surface area contributed by atoms with E-state index in [4.69, 9.17) is 0 Å². The fourth-order valence-corrected chi connectivity index (χ4v) is 3.47. The Labute approximate surface area is 129 Å². The lowest BCUT2D eigenvalue weighted by molar-refractivity contribution is 0.240. The second-order valence-electron chi connectivity index (χ2n) is 6.84. The van der Waals surface area contributed by atoms with E-state index in [1.165, 1.54) is 56.5 Å². The molecule has 2 aliphatic rings. The van der Waals surface area contributed by atoms with E-state index in [0.717, 1.165) is 6.54 Å². The van der Waals surface area contributed by atoms with E-state index < -0.39 is 0 Å². The van der Waals surface area contributed by atoms with Gasteiger partial charge in [-0.2, -0.15) is 0 Å². The van der Waals surface area contributed by atoms with Gasteiger partial charge in [0, 0.05) is 31.4 Å². The topological polar surface area (TPSA) is 15.3 Å². The van der Waals surface area contributed by atoms with Crippen LogP contribution in [0.3, 0.4) is 0 Å². The Balaban J connectivity index is 1.50. The molecule has 21 heavy (non-hydrogen) atoms. The number of rotatable bonds is 4. The number of likely N-dealkylation sites (tertiary alicyclic amines) is 1. The molecule has 0 spiro atoms. The largest absolute Gasteiger partial charge is 0.382 e. The van der Waals surface area contributed by atoms with Crippen LogP contribution in [0.25, 0.3) is 0 Å². The number of anilines is 1. The molecule has 1 aliphatic carbocycles. The van der Waals surface area contributed by atoms with Gasteiger partial charge in [0.15, 0.2) is 0 Å². The van der Waals surface area contributed by atoms with Crippen LogP contribution in [-0.2, 0) is 12.8 Å². The fourth-order valence-electron chi connectivity index (χ4n) is 3.47. The lowest BCUT2D eigenvalue weighted by Gasteiger charge is -2.32. The first-order valence-corrected chi connectivity index (χ1v) is 8.45. The molecule has 114 valence electrons. The molecule has 1 aromatic rings. The molecule has 0 saturated carbocycles. The summed E-state index contributed by atoms with van der Waals surface area (Å²) in [6.07, 6.45) is 8.74. The molecule has 0 atom stereocenters. The number of piperidine rings is 1. The number of benzene rings is 1. The van der Waals surface area contributed by atoms with Crippen molar-refractivity contribution in [2.24, 2.45) is 0 Å². The third kappa shape index (κ3) is 3.88. The van der Waals surface area contributed by atoms with Crippen molar-refractivity contribution in [1.82, 2.24) is 4.90 Å². The van der Waals surface area contributed by atoms with Gasteiger partial charge in [-0.25, -0.2) is 0 Å². The summed E-state index contributed by atoms with van der Waals surface area (Å²) in [4.78, 5) is 2.56. The predicted molar refractivity (Wildman–Crippen MR) is 91.0 cm³/mol. The van der Waals surface area contributed by atoms with E-state index >= 15 is 0 Å². The van der Waals surface area contributed by atoms with E-state index in [1.807, 2.05) is 0 Å². The summed E-state index contributed by atoms with van der Waals surface area (Å²) in [5, 5.41) is 3.75. The lowest BCUT2D eigenvalue weighted by atomic mass is 10.0. The maximum Gasteiger partial charge on any atom is 0.0345 e. The van der Waals surface area contributed by atoms with Gasteiger partial charge < -0.3 is 5.32 Å². The van der Waals surface area contributed by atoms with Gasteiger partial charge in [-0.05, 0) is 69.2 Å². The van der Waals surface area contributed by atoms with Gasteiger partial charge in [-0.1, -0.05) is 17.7 Å². The van der Waals surface area contributed by atoms with Crippen molar-refractivity contribution < 1.29 is 0 Å². The zero-order valence-corrected chi connectivity index (χ0v) is 13.5. The lowest BCUT2D eigenvalue weighted by Crippen LogP contribution is -2.39. The summed E-state index contributed by atoms with van der Waals surface area (Å²) >= 11 is 0. The summed E-state index contributed by atoms with van der Waals surface area (Å²) in [5.74, 6) is 0. The smallest absolute Gasteiger partial charge is 0.0345 e. The Bertz CT molecular complexity index is 506. The van der Waals surface area contributed by atoms with Gasteiger partial charge in [0.2, 0.25) is 0 Å². The van der Waals surface area contributed by atoms with Gasteiger partial charge in [0.25, 0.3) is 0 Å². The molecular weight excluding hydrogens is 256 g/mol. The Hall–Kier alpha value is -1.28. The van der Waals surface area contributed by atoms with Gasteiger partial charge in [-0.3, -0.25) is 4.90 Å². The van der Waals surface area contributed by atoms with Crippen LogP contribution < -0.4 is 5.32 Å².